The van der Waals surface area contributed by atoms with Crippen LogP contribution in [0, 0.1) is 0 Å². The quantitative estimate of drug-likeness (QED) is 0.0212. The van der Waals surface area contributed by atoms with Crippen molar-refractivity contribution in [1.29, 1.82) is 0 Å². The summed E-state index contributed by atoms with van der Waals surface area (Å²) in [4.78, 5) is 39.8. The lowest BCUT2D eigenvalue weighted by atomic mass is 10.0. The van der Waals surface area contributed by atoms with E-state index in [0.29, 0.717) is 17.4 Å². The Kier molecular flexibility index (Phi) is 48.6. The summed E-state index contributed by atoms with van der Waals surface area (Å²) in [5.41, 5.74) is 0. The summed E-state index contributed by atoms with van der Waals surface area (Å²) in [6, 6.07) is -0.903. The molecule has 0 spiro atoms. The Morgan fingerprint density at radius 3 is 1.39 bits per heavy atom. The minimum absolute atomic E-state index is 0.0291. The summed E-state index contributed by atoms with van der Waals surface area (Å²) in [7, 11) is 1.16. The first kappa shape index (κ1) is 67.7. The number of nitrogens with one attached hydrogen (secondary N) is 1. The fraction of sp³-hybridized carbons (Fsp3) is 0.800. The largest absolute Gasteiger partial charge is 0.756 e. The van der Waals surface area contributed by atoms with Crippen LogP contribution in [0.5, 0.6) is 0 Å². The molecule has 1 N–H and O–H groups in total. The highest BCUT2D eigenvalue weighted by molar-refractivity contribution is 7.45. The Morgan fingerprint density at radius 1 is 0.514 bits per heavy atom. The zero-order valence-corrected chi connectivity index (χ0v) is 47.4. The molecule has 3 unspecified atom stereocenters. The van der Waals surface area contributed by atoms with Gasteiger partial charge in [-0.15, -0.1) is 0 Å². The molecular formula is C60H111N2O7P. The number of allylic oxidation sites excluding steroid dienone is 9. The lowest BCUT2D eigenvalue weighted by molar-refractivity contribution is -0.870. The van der Waals surface area contributed by atoms with E-state index in [9.17, 15) is 19.0 Å². The minimum Gasteiger partial charge on any atom is -0.756 e. The standard InChI is InChI=1S/C60H111N2O7P/c1-7-10-13-16-19-22-25-27-29-31-33-35-38-41-44-47-50-53-60(64)69-58(51-48-45-42-39-36-24-21-18-15-12-9-3)57(56-68-70(65,66)67-55-54-62(4,5)6)61-59(63)52-49-46-43-40-37-34-32-30-28-26-23-20-17-14-11-8-2/h11,14,20,23,28,30,34,37,48,51,57-58H,7-10,12-13,15-19,21-22,24-27,29,31-33,35-36,38-47,49-50,52-56H2,1-6H3,(H-,61,63,65,66)/b14-11+,23-20+,30-28+,37-34+,51-48+. The number of carbonyl (C=O) groups excluding carboxylic acids is 2. The molecule has 408 valence electrons. The summed E-state index contributed by atoms with van der Waals surface area (Å²) in [5.74, 6) is -0.573. The molecule has 10 heteroatoms. The maximum Gasteiger partial charge on any atom is 0.306 e. The fourth-order valence-electron chi connectivity index (χ4n) is 8.22. The second kappa shape index (κ2) is 50.3. The number of likely N-dealkylation sites (N-methyl/N-ethyl adjacent to an activating group) is 1. The third-order valence-corrected chi connectivity index (χ3v) is 13.7. The van der Waals surface area contributed by atoms with Crippen molar-refractivity contribution in [2.75, 3.05) is 40.9 Å². The van der Waals surface area contributed by atoms with Crippen molar-refractivity contribution in [2.24, 2.45) is 0 Å². The first-order valence-electron chi connectivity index (χ1n) is 29.1. The second-order valence-corrected chi connectivity index (χ2v) is 22.2. The summed E-state index contributed by atoms with van der Waals surface area (Å²) >= 11 is 0. The smallest absolute Gasteiger partial charge is 0.306 e. The van der Waals surface area contributed by atoms with Crippen LogP contribution in [0.1, 0.15) is 258 Å². The molecule has 0 aromatic heterocycles. The molecule has 70 heavy (non-hydrogen) atoms. The van der Waals surface area contributed by atoms with Gasteiger partial charge in [0.15, 0.2) is 0 Å². The molecule has 3 atom stereocenters. The van der Waals surface area contributed by atoms with E-state index in [0.717, 1.165) is 83.5 Å². The number of unbranched alkanes of at least 4 members (excludes halogenated alkanes) is 28. The maximum atomic E-state index is 13.5. The van der Waals surface area contributed by atoms with Gasteiger partial charge in [-0.05, 0) is 70.3 Å². The van der Waals surface area contributed by atoms with Crippen LogP contribution in [-0.4, -0.2) is 69.4 Å². The van der Waals surface area contributed by atoms with Crippen LogP contribution in [-0.2, 0) is 27.9 Å². The summed E-state index contributed by atoms with van der Waals surface area (Å²) in [5, 5.41) is 3.00. The number of esters is 1. The van der Waals surface area contributed by atoms with Gasteiger partial charge in [-0.3, -0.25) is 14.2 Å². The number of phosphoric ester groups is 1. The number of ether oxygens (including phenoxy) is 1. The molecule has 0 saturated carbocycles. The first-order chi connectivity index (χ1) is 33.9. The van der Waals surface area contributed by atoms with Gasteiger partial charge in [0.25, 0.3) is 7.82 Å². The molecule has 0 bridgehead atoms. The van der Waals surface area contributed by atoms with Crippen LogP contribution >= 0.6 is 7.82 Å². The molecule has 0 heterocycles. The molecule has 9 nitrogen and oxygen atoms in total. The van der Waals surface area contributed by atoms with Crippen LogP contribution in [0.15, 0.2) is 60.8 Å². The van der Waals surface area contributed by atoms with Crippen molar-refractivity contribution in [3.63, 3.8) is 0 Å². The number of carbonyl (C=O) groups is 2. The molecular weight excluding hydrogens is 892 g/mol. The van der Waals surface area contributed by atoms with Gasteiger partial charge in [0.05, 0.1) is 33.8 Å². The molecule has 0 aliphatic rings. The summed E-state index contributed by atoms with van der Waals surface area (Å²) in [6.45, 7) is 6.70. The monoisotopic (exact) mass is 1000 g/mol. The Balaban J connectivity index is 5.33. The highest BCUT2D eigenvalue weighted by Crippen LogP contribution is 2.38. The Morgan fingerprint density at radius 2 is 0.914 bits per heavy atom. The van der Waals surface area contributed by atoms with Crippen LogP contribution in [0.2, 0.25) is 0 Å². The number of nitrogens with zero attached hydrogens (tertiary/aromatic N) is 1. The predicted molar refractivity (Wildman–Crippen MR) is 298 cm³/mol. The average molecular weight is 1000 g/mol. The van der Waals surface area contributed by atoms with Gasteiger partial charge >= 0.3 is 5.97 Å². The first-order valence-corrected chi connectivity index (χ1v) is 30.6. The maximum absolute atomic E-state index is 13.5. The van der Waals surface area contributed by atoms with E-state index in [1.807, 2.05) is 33.3 Å². The van der Waals surface area contributed by atoms with Gasteiger partial charge in [-0.2, -0.15) is 0 Å². The lowest BCUT2D eigenvalue weighted by Crippen LogP contribution is -2.47. The van der Waals surface area contributed by atoms with E-state index < -0.39 is 26.6 Å². The Hall–Kier alpha value is -2.29. The van der Waals surface area contributed by atoms with Crippen molar-refractivity contribution in [2.45, 2.75) is 270 Å². The number of rotatable bonds is 52. The normalized spacial score (nSPS) is 14.2. The van der Waals surface area contributed by atoms with Crippen molar-refractivity contribution in [3.05, 3.63) is 60.8 Å². The minimum atomic E-state index is -4.70. The van der Waals surface area contributed by atoms with Gasteiger partial charge < -0.3 is 28.5 Å². The van der Waals surface area contributed by atoms with Crippen LogP contribution in [0.3, 0.4) is 0 Å². The summed E-state index contributed by atoms with van der Waals surface area (Å²) in [6.07, 6.45) is 61.9. The van der Waals surface area contributed by atoms with E-state index in [4.69, 9.17) is 13.8 Å². The number of phosphoric acid groups is 1. The van der Waals surface area contributed by atoms with E-state index in [-0.39, 0.29) is 31.3 Å². The zero-order valence-electron chi connectivity index (χ0n) is 46.5. The molecule has 0 aromatic carbocycles. The van der Waals surface area contributed by atoms with Gasteiger partial charge in [0.2, 0.25) is 5.91 Å². The number of hydrogen-bond acceptors (Lipinski definition) is 7. The van der Waals surface area contributed by atoms with Crippen LogP contribution < -0.4 is 10.2 Å². The molecule has 0 aliphatic heterocycles. The third-order valence-electron chi connectivity index (χ3n) is 12.7. The van der Waals surface area contributed by atoms with Crippen molar-refractivity contribution >= 4 is 19.7 Å². The molecule has 1 amide bonds. The van der Waals surface area contributed by atoms with Gasteiger partial charge in [0.1, 0.15) is 19.3 Å². The Labute approximate surface area is 432 Å². The highest BCUT2D eigenvalue weighted by Gasteiger charge is 2.27. The number of hydrogen-bond donors (Lipinski definition) is 1. The fourth-order valence-corrected chi connectivity index (χ4v) is 8.94. The van der Waals surface area contributed by atoms with E-state index in [1.54, 1.807) is 0 Å². The lowest BCUT2D eigenvalue weighted by Gasteiger charge is -2.30. The second-order valence-electron chi connectivity index (χ2n) is 20.8. The number of quaternary nitrogens is 1. The SMILES string of the molecule is CC/C=C/C/C=C/C/C=C/C/C=C/CCCCCC(=O)NC(COP(=O)([O-])OCC[N+](C)(C)C)C(/C=C/CCCCCCCCCCC)OC(=O)CCCCCCCCCCCCCCCCCCC. The predicted octanol–water partition coefficient (Wildman–Crippen LogP) is 16.9. The summed E-state index contributed by atoms with van der Waals surface area (Å²) < 4.78 is 30.2. The van der Waals surface area contributed by atoms with Gasteiger partial charge in [-0.25, -0.2) is 0 Å². The van der Waals surface area contributed by atoms with Crippen molar-refractivity contribution < 1.29 is 37.3 Å². The van der Waals surface area contributed by atoms with Crippen LogP contribution in [0.25, 0.3) is 0 Å². The molecule has 0 saturated heterocycles. The third kappa shape index (κ3) is 50.6. The van der Waals surface area contributed by atoms with Crippen molar-refractivity contribution in [3.8, 4) is 0 Å². The molecule has 0 radical (unpaired) electrons. The van der Waals surface area contributed by atoms with E-state index in [1.165, 1.54) is 135 Å². The van der Waals surface area contributed by atoms with E-state index >= 15 is 0 Å². The molecule has 0 rings (SSSR count). The molecule has 0 aromatic rings. The zero-order chi connectivity index (χ0) is 51.5. The van der Waals surface area contributed by atoms with Gasteiger partial charge in [0, 0.05) is 12.8 Å². The topological polar surface area (TPSA) is 114 Å². The number of amides is 1. The van der Waals surface area contributed by atoms with E-state index in [2.05, 4.69) is 74.7 Å². The Bertz CT molecular complexity index is 1390. The molecule has 0 aliphatic carbocycles. The highest BCUT2D eigenvalue weighted by atomic mass is 31.2. The van der Waals surface area contributed by atoms with Crippen LogP contribution in [0.4, 0.5) is 0 Å². The average Bonchev–Trinajstić information content (AvgIpc) is 3.32. The van der Waals surface area contributed by atoms with Gasteiger partial charge in [-0.1, -0.05) is 236 Å². The van der Waals surface area contributed by atoms with Crippen molar-refractivity contribution in [1.82, 2.24) is 5.32 Å². The molecule has 0 fully saturated rings.